The van der Waals surface area contributed by atoms with Gasteiger partial charge in [-0.25, -0.2) is 4.98 Å². The van der Waals surface area contributed by atoms with E-state index >= 15 is 0 Å². The molecule has 1 aromatic rings. The Morgan fingerprint density at radius 2 is 2.33 bits per heavy atom. The first-order chi connectivity index (χ1) is 8.59. The Labute approximate surface area is 109 Å². The highest BCUT2D eigenvalue weighted by Crippen LogP contribution is 2.21. The molecule has 4 nitrogen and oxygen atoms in total. The summed E-state index contributed by atoms with van der Waals surface area (Å²) in [5.74, 6) is 0.923. The number of hydrogen-bond acceptors (Lipinski definition) is 4. The number of likely N-dealkylation sites (tertiary alicyclic amines) is 1. The van der Waals surface area contributed by atoms with E-state index < -0.39 is 5.60 Å². The quantitative estimate of drug-likeness (QED) is 0.855. The molecule has 4 heteroatoms. The number of pyridine rings is 1. The molecule has 0 amide bonds. The van der Waals surface area contributed by atoms with Crippen molar-refractivity contribution in [3.63, 3.8) is 0 Å². The maximum atomic E-state index is 10.1. The normalized spacial score (nSPS) is 25.1. The first-order valence-electron chi connectivity index (χ1n) is 6.72. The highest BCUT2D eigenvalue weighted by atomic mass is 16.3. The molecule has 1 aromatic heterocycles. The molecule has 100 valence electrons. The molecule has 2 heterocycles. The maximum Gasteiger partial charge on any atom is 0.125 e. The summed E-state index contributed by atoms with van der Waals surface area (Å²) in [6.07, 6.45) is 3.89. The van der Waals surface area contributed by atoms with Crippen LogP contribution in [0.15, 0.2) is 18.3 Å². The second-order valence-electron chi connectivity index (χ2n) is 5.39. The van der Waals surface area contributed by atoms with Crippen LogP contribution in [0.5, 0.6) is 0 Å². The first kappa shape index (κ1) is 13.3. The molecule has 1 saturated heterocycles. The number of aromatic nitrogens is 1. The fourth-order valence-electron chi connectivity index (χ4n) is 2.52. The van der Waals surface area contributed by atoms with Crippen LogP contribution in [0.3, 0.4) is 0 Å². The number of anilines is 1. The summed E-state index contributed by atoms with van der Waals surface area (Å²) in [5, 5.41) is 13.3. The van der Waals surface area contributed by atoms with Crippen LogP contribution < -0.4 is 5.32 Å². The van der Waals surface area contributed by atoms with Crippen LogP contribution in [0.4, 0.5) is 5.82 Å². The van der Waals surface area contributed by atoms with E-state index in [4.69, 9.17) is 0 Å². The van der Waals surface area contributed by atoms with E-state index in [0.29, 0.717) is 0 Å². The SMILES string of the molecule is CCNc1ccc(CN2CCCC(C)(O)C2)cn1. The highest BCUT2D eigenvalue weighted by molar-refractivity contribution is 5.35. The van der Waals surface area contributed by atoms with Crippen LogP contribution in [0.2, 0.25) is 0 Å². The smallest absolute Gasteiger partial charge is 0.125 e. The van der Waals surface area contributed by atoms with E-state index in [2.05, 4.69) is 28.2 Å². The van der Waals surface area contributed by atoms with Gasteiger partial charge in [-0.05, 0) is 44.9 Å². The van der Waals surface area contributed by atoms with Gasteiger partial charge in [0, 0.05) is 25.8 Å². The van der Waals surface area contributed by atoms with Crippen LogP contribution in [0, 0.1) is 0 Å². The van der Waals surface area contributed by atoms with Crippen molar-refractivity contribution in [2.45, 2.75) is 38.8 Å². The Morgan fingerprint density at radius 1 is 1.50 bits per heavy atom. The Morgan fingerprint density at radius 3 is 2.94 bits per heavy atom. The van der Waals surface area contributed by atoms with Crippen molar-refractivity contribution >= 4 is 5.82 Å². The summed E-state index contributed by atoms with van der Waals surface area (Å²) >= 11 is 0. The van der Waals surface area contributed by atoms with E-state index in [1.165, 1.54) is 5.56 Å². The van der Waals surface area contributed by atoms with Gasteiger partial charge in [-0.15, -0.1) is 0 Å². The van der Waals surface area contributed by atoms with Gasteiger partial charge in [0.15, 0.2) is 0 Å². The zero-order valence-corrected chi connectivity index (χ0v) is 11.3. The van der Waals surface area contributed by atoms with Gasteiger partial charge < -0.3 is 10.4 Å². The highest BCUT2D eigenvalue weighted by Gasteiger charge is 2.28. The maximum absolute atomic E-state index is 10.1. The second kappa shape index (κ2) is 5.67. The first-order valence-corrected chi connectivity index (χ1v) is 6.72. The fraction of sp³-hybridized carbons (Fsp3) is 0.643. The lowest BCUT2D eigenvalue weighted by Crippen LogP contribution is -2.45. The third-order valence-corrected chi connectivity index (χ3v) is 3.34. The van der Waals surface area contributed by atoms with Crippen molar-refractivity contribution < 1.29 is 5.11 Å². The van der Waals surface area contributed by atoms with Crippen molar-refractivity contribution in [1.29, 1.82) is 0 Å². The van der Waals surface area contributed by atoms with Gasteiger partial charge in [-0.1, -0.05) is 6.07 Å². The van der Waals surface area contributed by atoms with Gasteiger partial charge >= 0.3 is 0 Å². The van der Waals surface area contributed by atoms with E-state index in [1.54, 1.807) is 0 Å². The Hall–Kier alpha value is -1.13. The van der Waals surface area contributed by atoms with Crippen molar-refractivity contribution in [3.8, 4) is 0 Å². The predicted molar refractivity (Wildman–Crippen MR) is 73.5 cm³/mol. The van der Waals surface area contributed by atoms with E-state index in [-0.39, 0.29) is 0 Å². The van der Waals surface area contributed by atoms with Crippen molar-refractivity contribution in [2.24, 2.45) is 0 Å². The summed E-state index contributed by atoms with van der Waals surface area (Å²) in [6.45, 7) is 7.56. The minimum atomic E-state index is -0.532. The Bertz CT molecular complexity index is 375. The number of piperidine rings is 1. The fourth-order valence-corrected chi connectivity index (χ4v) is 2.52. The molecule has 1 aliphatic heterocycles. The largest absolute Gasteiger partial charge is 0.389 e. The molecular weight excluding hydrogens is 226 g/mol. The van der Waals surface area contributed by atoms with E-state index in [0.717, 1.165) is 44.8 Å². The number of rotatable bonds is 4. The third kappa shape index (κ3) is 3.68. The number of nitrogens with one attached hydrogen (secondary N) is 1. The van der Waals surface area contributed by atoms with Crippen LogP contribution in [0.1, 0.15) is 32.3 Å². The zero-order chi connectivity index (χ0) is 13.0. The van der Waals surface area contributed by atoms with Gasteiger partial charge in [0.1, 0.15) is 5.82 Å². The molecular formula is C14H23N3O. The number of hydrogen-bond donors (Lipinski definition) is 2. The molecule has 1 unspecified atom stereocenters. The van der Waals surface area contributed by atoms with Gasteiger partial charge in [-0.2, -0.15) is 0 Å². The Balaban J connectivity index is 1.92. The molecule has 0 aromatic carbocycles. The van der Waals surface area contributed by atoms with E-state index in [9.17, 15) is 5.11 Å². The lowest BCUT2D eigenvalue weighted by molar-refractivity contribution is -0.0181. The molecule has 0 bridgehead atoms. The zero-order valence-electron chi connectivity index (χ0n) is 11.3. The van der Waals surface area contributed by atoms with Gasteiger partial charge in [0.2, 0.25) is 0 Å². The molecule has 0 spiro atoms. The van der Waals surface area contributed by atoms with Crippen LogP contribution >= 0.6 is 0 Å². The summed E-state index contributed by atoms with van der Waals surface area (Å²) < 4.78 is 0. The predicted octanol–water partition coefficient (Wildman–Crippen LogP) is 1.86. The Kier molecular flexibility index (Phi) is 4.19. The molecule has 1 fully saturated rings. The lowest BCUT2D eigenvalue weighted by atomic mass is 9.95. The summed E-state index contributed by atoms with van der Waals surface area (Å²) in [5.41, 5.74) is 0.671. The van der Waals surface area contributed by atoms with Crippen molar-refractivity contribution in [2.75, 3.05) is 25.0 Å². The van der Waals surface area contributed by atoms with E-state index in [1.807, 2.05) is 19.2 Å². The summed E-state index contributed by atoms with van der Waals surface area (Å²) in [7, 11) is 0. The molecule has 1 atom stereocenters. The van der Waals surface area contributed by atoms with Crippen LogP contribution in [-0.4, -0.2) is 40.2 Å². The number of nitrogens with zero attached hydrogens (tertiary/aromatic N) is 2. The lowest BCUT2D eigenvalue weighted by Gasteiger charge is -2.36. The summed E-state index contributed by atoms with van der Waals surface area (Å²) in [6, 6.07) is 4.12. The molecule has 0 saturated carbocycles. The molecule has 0 aliphatic carbocycles. The average Bonchev–Trinajstić information content (AvgIpc) is 2.31. The number of aliphatic hydroxyl groups is 1. The third-order valence-electron chi connectivity index (χ3n) is 3.34. The molecule has 1 aliphatic rings. The second-order valence-corrected chi connectivity index (χ2v) is 5.39. The average molecular weight is 249 g/mol. The molecule has 2 N–H and O–H groups in total. The standard InChI is InChI=1S/C14H23N3O/c1-3-15-13-6-5-12(9-16-13)10-17-8-4-7-14(2,18)11-17/h5-6,9,18H,3-4,7-8,10-11H2,1-2H3,(H,15,16). The van der Waals surface area contributed by atoms with Crippen molar-refractivity contribution in [3.05, 3.63) is 23.9 Å². The summed E-state index contributed by atoms with van der Waals surface area (Å²) in [4.78, 5) is 6.67. The monoisotopic (exact) mass is 249 g/mol. The minimum absolute atomic E-state index is 0.532. The van der Waals surface area contributed by atoms with Gasteiger partial charge in [-0.3, -0.25) is 4.90 Å². The van der Waals surface area contributed by atoms with Crippen LogP contribution in [0.25, 0.3) is 0 Å². The van der Waals surface area contributed by atoms with Crippen molar-refractivity contribution in [1.82, 2.24) is 9.88 Å². The molecule has 18 heavy (non-hydrogen) atoms. The molecule has 0 radical (unpaired) electrons. The van der Waals surface area contributed by atoms with Gasteiger partial charge in [0.25, 0.3) is 0 Å². The molecule has 2 rings (SSSR count). The van der Waals surface area contributed by atoms with Gasteiger partial charge in [0.05, 0.1) is 5.60 Å². The number of β-amino-alcohol motifs (C(OH)–C–C–N with tert-alkyl or cyclic N) is 1. The van der Waals surface area contributed by atoms with Crippen LogP contribution in [-0.2, 0) is 6.54 Å². The minimum Gasteiger partial charge on any atom is -0.389 e. The topological polar surface area (TPSA) is 48.4 Å².